The molecule has 12 heavy (non-hydrogen) atoms. The zero-order valence-corrected chi connectivity index (χ0v) is 8.26. The molecular weight excluding hydrogens is 154 g/mol. The number of carbonyl (C=O) groups is 1. The summed E-state index contributed by atoms with van der Waals surface area (Å²) < 4.78 is 5.04. The normalized spacial score (nSPS) is 12.3. The van der Waals surface area contributed by atoms with Crippen molar-refractivity contribution in [2.45, 2.75) is 27.0 Å². The van der Waals surface area contributed by atoms with Gasteiger partial charge in [0.15, 0.2) is 0 Å². The van der Waals surface area contributed by atoms with Gasteiger partial charge in [0.25, 0.3) is 5.91 Å². The van der Waals surface area contributed by atoms with Crippen LogP contribution in [0, 0.1) is 0 Å². The van der Waals surface area contributed by atoms with Crippen LogP contribution in [0.3, 0.4) is 0 Å². The Morgan fingerprint density at radius 1 is 1.67 bits per heavy atom. The van der Waals surface area contributed by atoms with Crippen LogP contribution >= 0.6 is 0 Å². The molecule has 0 N–H and O–H groups in total. The number of hydrogen-bond donors (Lipinski definition) is 0. The van der Waals surface area contributed by atoms with Gasteiger partial charge in [-0.1, -0.05) is 6.58 Å². The average Bonchev–Trinajstić information content (AvgIpc) is 2.05. The molecule has 1 atom stereocenters. The van der Waals surface area contributed by atoms with Gasteiger partial charge in [-0.25, -0.2) is 0 Å². The summed E-state index contributed by atoms with van der Waals surface area (Å²) >= 11 is 0. The second-order valence-electron chi connectivity index (χ2n) is 2.71. The molecule has 0 saturated heterocycles. The Morgan fingerprint density at radius 3 is 2.42 bits per heavy atom. The Morgan fingerprint density at radius 2 is 2.17 bits per heavy atom. The van der Waals surface area contributed by atoms with Crippen molar-refractivity contribution < 1.29 is 9.53 Å². The van der Waals surface area contributed by atoms with Crippen LogP contribution in [0.25, 0.3) is 0 Å². The Labute approximate surface area is 74.0 Å². The number of amides is 1. The Hall–Kier alpha value is -0.830. The maximum absolute atomic E-state index is 11.4. The predicted molar refractivity (Wildman–Crippen MR) is 48.7 cm³/mol. The lowest BCUT2D eigenvalue weighted by molar-refractivity contribution is -0.137. The van der Waals surface area contributed by atoms with E-state index in [-0.39, 0.29) is 12.1 Å². The summed E-state index contributed by atoms with van der Waals surface area (Å²) in [7, 11) is 1.58. The number of carbonyl (C=O) groups excluding carboxylic acids is 1. The molecule has 0 spiro atoms. The minimum Gasteiger partial charge on any atom is -0.362 e. The van der Waals surface area contributed by atoms with Gasteiger partial charge in [0.2, 0.25) is 0 Å². The molecule has 0 aliphatic rings. The fraction of sp³-hybridized carbons (Fsp3) is 0.667. The smallest absolute Gasteiger partial charge is 0.250 e. The van der Waals surface area contributed by atoms with Crippen LogP contribution in [-0.4, -0.2) is 30.7 Å². The van der Waals surface area contributed by atoms with Crippen LogP contribution in [0.2, 0.25) is 0 Å². The highest BCUT2D eigenvalue weighted by molar-refractivity contribution is 5.92. The molecule has 0 aromatic carbocycles. The van der Waals surface area contributed by atoms with Crippen molar-refractivity contribution in [3.63, 3.8) is 0 Å². The number of methoxy groups -OCH3 is 1. The quantitative estimate of drug-likeness (QED) is 0.472. The monoisotopic (exact) mass is 171 g/mol. The third kappa shape index (κ3) is 2.66. The number of hydrogen-bond acceptors (Lipinski definition) is 2. The maximum atomic E-state index is 11.4. The summed E-state index contributed by atoms with van der Waals surface area (Å²) in [5, 5.41) is 0. The van der Waals surface area contributed by atoms with Crippen LogP contribution < -0.4 is 0 Å². The molecule has 0 fully saturated rings. The minimum atomic E-state index is -0.181. The Bertz CT molecular complexity index is 177. The van der Waals surface area contributed by atoms with Crippen molar-refractivity contribution in [3.05, 3.63) is 12.2 Å². The molecule has 0 rings (SSSR count). The molecule has 0 aromatic rings. The van der Waals surface area contributed by atoms with E-state index in [1.54, 1.807) is 18.9 Å². The second kappa shape index (κ2) is 4.93. The van der Waals surface area contributed by atoms with E-state index in [1.807, 2.05) is 13.8 Å². The summed E-state index contributed by atoms with van der Waals surface area (Å²) in [6.45, 7) is 9.69. The summed E-state index contributed by atoms with van der Waals surface area (Å²) in [4.78, 5) is 13.0. The van der Waals surface area contributed by atoms with Crippen LogP contribution in [0.4, 0.5) is 0 Å². The van der Waals surface area contributed by atoms with E-state index in [4.69, 9.17) is 4.74 Å². The van der Waals surface area contributed by atoms with Gasteiger partial charge in [0, 0.05) is 19.2 Å². The third-order valence-corrected chi connectivity index (χ3v) is 1.75. The highest BCUT2D eigenvalue weighted by Gasteiger charge is 2.17. The van der Waals surface area contributed by atoms with Gasteiger partial charge in [-0.3, -0.25) is 4.79 Å². The number of rotatable bonds is 4. The molecule has 0 aliphatic carbocycles. The lowest BCUT2D eigenvalue weighted by Crippen LogP contribution is -2.39. The SMILES string of the molecule is C=C(C)C(=O)N(CC)C(C)OC. The molecule has 1 unspecified atom stereocenters. The molecule has 3 nitrogen and oxygen atoms in total. The molecule has 0 aliphatic heterocycles. The van der Waals surface area contributed by atoms with Crippen molar-refractivity contribution in [1.82, 2.24) is 4.90 Å². The molecular formula is C9H17NO2. The molecule has 70 valence electrons. The molecule has 0 saturated carbocycles. The fourth-order valence-electron chi connectivity index (χ4n) is 0.938. The van der Waals surface area contributed by atoms with E-state index in [1.165, 1.54) is 0 Å². The Kier molecular flexibility index (Phi) is 4.59. The van der Waals surface area contributed by atoms with Crippen molar-refractivity contribution in [3.8, 4) is 0 Å². The Balaban J connectivity index is 4.34. The molecule has 0 radical (unpaired) electrons. The van der Waals surface area contributed by atoms with E-state index in [9.17, 15) is 4.79 Å². The van der Waals surface area contributed by atoms with Gasteiger partial charge in [-0.15, -0.1) is 0 Å². The molecule has 0 aromatic heterocycles. The van der Waals surface area contributed by atoms with Gasteiger partial charge in [0.1, 0.15) is 6.23 Å². The highest BCUT2D eigenvalue weighted by Crippen LogP contribution is 2.04. The molecule has 1 amide bonds. The van der Waals surface area contributed by atoms with Crippen molar-refractivity contribution >= 4 is 5.91 Å². The molecule has 3 heteroatoms. The van der Waals surface area contributed by atoms with E-state index >= 15 is 0 Å². The van der Waals surface area contributed by atoms with E-state index in [2.05, 4.69) is 6.58 Å². The van der Waals surface area contributed by atoms with Crippen molar-refractivity contribution in [1.29, 1.82) is 0 Å². The summed E-state index contributed by atoms with van der Waals surface area (Å²) in [6, 6.07) is 0. The lowest BCUT2D eigenvalue weighted by atomic mass is 10.3. The van der Waals surface area contributed by atoms with Crippen molar-refractivity contribution in [2.24, 2.45) is 0 Å². The van der Waals surface area contributed by atoms with Crippen LogP contribution in [0.1, 0.15) is 20.8 Å². The highest BCUT2D eigenvalue weighted by atomic mass is 16.5. The first-order chi connectivity index (χ1) is 5.54. The third-order valence-electron chi connectivity index (χ3n) is 1.75. The van der Waals surface area contributed by atoms with E-state index < -0.39 is 0 Å². The predicted octanol–water partition coefficient (Wildman–Crippen LogP) is 1.40. The number of ether oxygens (including phenoxy) is 1. The second-order valence-corrected chi connectivity index (χ2v) is 2.71. The van der Waals surface area contributed by atoms with Crippen LogP contribution in [0.15, 0.2) is 12.2 Å². The lowest BCUT2D eigenvalue weighted by Gasteiger charge is -2.26. The zero-order chi connectivity index (χ0) is 9.72. The summed E-state index contributed by atoms with van der Waals surface area (Å²) in [6.07, 6.45) is -0.181. The minimum absolute atomic E-state index is 0.0492. The molecule has 0 heterocycles. The summed E-state index contributed by atoms with van der Waals surface area (Å²) in [5.41, 5.74) is 0.542. The average molecular weight is 171 g/mol. The standard InChI is InChI=1S/C9H17NO2/c1-6-10(8(4)12-5)9(11)7(2)3/h8H,2,6H2,1,3-5H3. The first-order valence-corrected chi connectivity index (χ1v) is 4.03. The maximum Gasteiger partial charge on any atom is 0.250 e. The first kappa shape index (κ1) is 11.2. The summed E-state index contributed by atoms with van der Waals surface area (Å²) in [5.74, 6) is -0.0492. The van der Waals surface area contributed by atoms with Gasteiger partial charge < -0.3 is 9.64 Å². The van der Waals surface area contributed by atoms with E-state index in [0.717, 1.165) is 0 Å². The van der Waals surface area contributed by atoms with E-state index in [0.29, 0.717) is 12.1 Å². The van der Waals surface area contributed by atoms with Gasteiger partial charge in [-0.05, 0) is 20.8 Å². The van der Waals surface area contributed by atoms with Crippen molar-refractivity contribution in [2.75, 3.05) is 13.7 Å². The van der Waals surface area contributed by atoms with Crippen LogP contribution in [-0.2, 0) is 9.53 Å². The fourth-order valence-corrected chi connectivity index (χ4v) is 0.938. The largest absolute Gasteiger partial charge is 0.362 e. The number of likely N-dealkylation sites (N-methyl/N-ethyl adjacent to an activating group) is 1. The zero-order valence-electron chi connectivity index (χ0n) is 8.26. The number of nitrogens with zero attached hydrogens (tertiary/aromatic N) is 1. The van der Waals surface area contributed by atoms with Gasteiger partial charge >= 0.3 is 0 Å². The van der Waals surface area contributed by atoms with Gasteiger partial charge in [-0.2, -0.15) is 0 Å². The molecule has 0 bridgehead atoms. The van der Waals surface area contributed by atoms with Crippen LogP contribution in [0.5, 0.6) is 0 Å². The van der Waals surface area contributed by atoms with Gasteiger partial charge in [0.05, 0.1) is 0 Å². The first-order valence-electron chi connectivity index (χ1n) is 4.03. The topological polar surface area (TPSA) is 29.5 Å².